The third-order valence-electron chi connectivity index (χ3n) is 4.69. The summed E-state index contributed by atoms with van der Waals surface area (Å²) in [6.45, 7) is 10.6. The molecule has 0 aliphatic carbocycles. The first-order chi connectivity index (χ1) is 11.8. The van der Waals surface area contributed by atoms with Crippen LogP contribution in [0.1, 0.15) is 37.0 Å². The van der Waals surface area contributed by atoms with Crippen LogP contribution in [0.15, 0.2) is 12.1 Å². The summed E-state index contributed by atoms with van der Waals surface area (Å²) in [4.78, 5) is 28.6. The lowest BCUT2D eigenvalue weighted by Crippen LogP contribution is -2.51. The van der Waals surface area contributed by atoms with Crippen LogP contribution >= 0.6 is 0 Å². The van der Waals surface area contributed by atoms with Gasteiger partial charge in [-0.3, -0.25) is 9.59 Å². The van der Waals surface area contributed by atoms with Crippen LogP contribution in [0.3, 0.4) is 0 Å². The lowest BCUT2D eigenvalue weighted by molar-refractivity contribution is -0.139. The molecule has 0 atom stereocenters. The fourth-order valence-electron chi connectivity index (χ4n) is 3.31. The lowest BCUT2D eigenvalue weighted by atomic mass is 10.0. The van der Waals surface area contributed by atoms with Gasteiger partial charge in [0.05, 0.1) is 13.5 Å². The third-order valence-corrected chi connectivity index (χ3v) is 4.69. The number of aryl methyl sites for hydroxylation is 2. The first kappa shape index (κ1) is 19.3. The minimum absolute atomic E-state index is 0.0983. The monoisotopic (exact) mass is 346 g/mol. The van der Waals surface area contributed by atoms with Gasteiger partial charge in [0.15, 0.2) is 0 Å². The summed E-state index contributed by atoms with van der Waals surface area (Å²) >= 11 is 0. The molecule has 0 unspecified atom stereocenters. The highest BCUT2D eigenvalue weighted by Crippen LogP contribution is 2.25. The van der Waals surface area contributed by atoms with Gasteiger partial charge in [-0.2, -0.15) is 0 Å². The van der Waals surface area contributed by atoms with E-state index >= 15 is 0 Å². The van der Waals surface area contributed by atoms with E-state index < -0.39 is 0 Å². The van der Waals surface area contributed by atoms with E-state index in [1.54, 1.807) is 7.11 Å². The molecule has 0 radical (unpaired) electrons. The summed E-state index contributed by atoms with van der Waals surface area (Å²) in [5.41, 5.74) is 3.16. The Morgan fingerprint density at radius 3 is 2.12 bits per heavy atom. The normalized spacial score (nSPS) is 14.8. The SMILES string of the molecule is COc1cc(C)cc(C)c1CC(=O)N1CCN(C(=O)CC(C)C)CC1. The van der Waals surface area contributed by atoms with Crippen molar-refractivity contribution in [1.29, 1.82) is 0 Å². The highest BCUT2D eigenvalue weighted by Gasteiger charge is 2.25. The van der Waals surface area contributed by atoms with E-state index in [-0.39, 0.29) is 11.8 Å². The molecule has 1 aromatic rings. The van der Waals surface area contributed by atoms with Gasteiger partial charge in [-0.05, 0) is 37.0 Å². The summed E-state index contributed by atoms with van der Waals surface area (Å²) in [7, 11) is 1.64. The zero-order valence-electron chi connectivity index (χ0n) is 16.1. The Kier molecular flexibility index (Phi) is 6.45. The fourth-order valence-corrected chi connectivity index (χ4v) is 3.31. The predicted molar refractivity (Wildman–Crippen MR) is 98.8 cm³/mol. The van der Waals surface area contributed by atoms with Crippen LogP contribution in [-0.4, -0.2) is 54.9 Å². The summed E-state index contributed by atoms with van der Waals surface area (Å²) < 4.78 is 5.46. The summed E-state index contributed by atoms with van der Waals surface area (Å²) in [6.07, 6.45) is 0.920. The Morgan fingerprint density at radius 2 is 1.60 bits per heavy atom. The maximum atomic E-state index is 12.7. The Morgan fingerprint density at radius 1 is 1.04 bits per heavy atom. The molecule has 5 heteroatoms. The standard InChI is InChI=1S/C20H30N2O3/c1-14(2)10-19(23)21-6-8-22(9-7-21)20(24)13-17-16(4)11-15(3)12-18(17)25-5/h11-12,14H,6-10,13H2,1-5H3. The number of rotatable bonds is 5. The van der Waals surface area contributed by atoms with Gasteiger partial charge in [0.25, 0.3) is 0 Å². The van der Waals surface area contributed by atoms with Crippen LogP contribution in [0.25, 0.3) is 0 Å². The molecule has 0 N–H and O–H groups in total. The molecule has 1 aromatic carbocycles. The largest absolute Gasteiger partial charge is 0.496 e. The van der Waals surface area contributed by atoms with E-state index in [2.05, 4.69) is 19.9 Å². The number of carbonyl (C=O) groups excluding carboxylic acids is 2. The summed E-state index contributed by atoms with van der Waals surface area (Å²) in [6, 6.07) is 4.05. The molecule has 2 rings (SSSR count). The maximum absolute atomic E-state index is 12.7. The number of ether oxygens (including phenoxy) is 1. The Hall–Kier alpha value is -2.04. The second kappa shape index (κ2) is 8.37. The number of amides is 2. The molecule has 1 aliphatic rings. The number of nitrogens with zero attached hydrogens (tertiary/aromatic N) is 2. The van der Waals surface area contributed by atoms with Gasteiger partial charge in [0.2, 0.25) is 11.8 Å². The number of hydrogen-bond donors (Lipinski definition) is 0. The zero-order valence-corrected chi connectivity index (χ0v) is 16.1. The van der Waals surface area contributed by atoms with Gasteiger partial charge < -0.3 is 14.5 Å². The van der Waals surface area contributed by atoms with Crippen molar-refractivity contribution < 1.29 is 14.3 Å². The summed E-state index contributed by atoms with van der Waals surface area (Å²) in [5.74, 6) is 1.43. The minimum Gasteiger partial charge on any atom is -0.496 e. The van der Waals surface area contributed by atoms with Crippen molar-refractivity contribution in [1.82, 2.24) is 9.80 Å². The highest BCUT2D eigenvalue weighted by atomic mass is 16.5. The fraction of sp³-hybridized carbons (Fsp3) is 0.600. The Balaban J connectivity index is 1.97. The first-order valence-electron chi connectivity index (χ1n) is 9.01. The van der Waals surface area contributed by atoms with E-state index in [1.807, 2.05) is 29.7 Å². The van der Waals surface area contributed by atoms with E-state index in [9.17, 15) is 9.59 Å². The topological polar surface area (TPSA) is 49.9 Å². The number of piperazine rings is 1. The van der Waals surface area contributed by atoms with Crippen LogP contribution in [0.2, 0.25) is 0 Å². The average Bonchev–Trinajstić information content (AvgIpc) is 2.56. The molecular weight excluding hydrogens is 316 g/mol. The van der Waals surface area contributed by atoms with E-state index in [4.69, 9.17) is 4.74 Å². The van der Waals surface area contributed by atoms with Gasteiger partial charge in [0.1, 0.15) is 5.75 Å². The van der Waals surface area contributed by atoms with Crippen molar-refractivity contribution in [3.05, 3.63) is 28.8 Å². The molecule has 0 aromatic heterocycles. The van der Waals surface area contributed by atoms with E-state index in [1.165, 1.54) is 0 Å². The molecule has 0 spiro atoms. The molecule has 0 saturated carbocycles. The van der Waals surface area contributed by atoms with Crippen molar-refractivity contribution in [2.75, 3.05) is 33.3 Å². The van der Waals surface area contributed by atoms with E-state index in [0.29, 0.717) is 44.9 Å². The van der Waals surface area contributed by atoms with E-state index in [0.717, 1.165) is 22.4 Å². The molecule has 1 fully saturated rings. The smallest absolute Gasteiger partial charge is 0.227 e. The van der Waals surface area contributed by atoms with Crippen LogP contribution in [0, 0.1) is 19.8 Å². The molecule has 25 heavy (non-hydrogen) atoms. The molecule has 5 nitrogen and oxygen atoms in total. The van der Waals surface area contributed by atoms with Gasteiger partial charge in [-0.25, -0.2) is 0 Å². The van der Waals surface area contributed by atoms with Crippen molar-refractivity contribution in [3.8, 4) is 5.75 Å². The Labute approximate surface area is 150 Å². The van der Waals surface area contributed by atoms with Crippen molar-refractivity contribution in [2.45, 2.75) is 40.5 Å². The lowest BCUT2D eigenvalue weighted by Gasteiger charge is -2.35. The number of benzene rings is 1. The number of hydrogen-bond acceptors (Lipinski definition) is 3. The highest BCUT2D eigenvalue weighted by molar-refractivity contribution is 5.81. The van der Waals surface area contributed by atoms with Crippen molar-refractivity contribution in [2.24, 2.45) is 5.92 Å². The maximum Gasteiger partial charge on any atom is 0.227 e. The van der Waals surface area contributed by atoms with Crippen LogP contribution in [0.5, 0.6) is 5.75 Å². The second-order valence-corrected chi connectivity index (χ2v) is 7.30. The molecular formula is C20H30N2O3. The molecule has 0 bridgehead atoms. The van der Waals surface area contributed by atoms with Gasteiger partial charge in [-0.15, -0.1) is 0 Å². The van der Waals surface area contributed by atoms with Crippen molar-refractivity contribution >= 4 is 11.8 Å². The molecule has 1 heterocycles. The third kappa shape index (κ3) is 4.97. The van der Waals surface area contributed by atoms with Crippen molar-refractivity contribution in [3.63, 3.8) is 0 Å². The summed E-state index contributed by atoms with van der Waals surface area (Å²) in [5, 5.41) is 0. The number of methoxy groups -OCH3 is 1. The zero-order chi connectivity index (χ0) is 18.6. The molecule has 1 aliphatic heterocycles. The average molecular weight is 346 g/mol. The molecule has 138 valence electrons. The quantitative estimate of drug-likeness (QED) is 0.823. The van der Waals surface area contributed by atoms with Gasteiger partial charge in [-0.1, -0.05) is 19.9 Å². The van der Waals surface area contributed by atoms with Crippen LogP contribution in [0.4, 0.5) is 0 Å². The predicted octanol–water partition coefficient (Wildman–Crippen LogP) is 2.57. The number of carbonyl (C=O) groups is 2. The van der Waals surface area contributed by atoms with Crippen LogP contribution in [-0.2, 0) is 16.0 Å². The Bertz CT molecular complexity index is 632. The molecule has 1 saturated heterocycles. The van der Waals surface area contributed by atoms with Gasteiger partial charge >= 0.3 is 0 Å². The first-order valence-corrected chi connectivity index (χ1v) is 9.01. The molecule has 2 amide bonds. The second-order valence-electron chi connectivity index (χ2n) is 7.30. The minimum atomic E-state index is 0.0983. The van der Waals surface area contributed by atoms with Crippen LogP contribution < -0.4 is 4.74 Å². The van der Waals surface area contributed by atoms with Gasteiger partial charge in [0, 0.05) is 38.2 Å².